The fourth-order valence-corrected chi connectivity index (χ4v) is 1.16. The molecule has 0 saturated heterocycles. The minimum Gasteiger partial charge on any atom is -0.478 e. The van der Waals surface area contributed by atoms with Crippen molar-refractivity contribution in [1.82, 2.24) is 0 Å². The standard InChI is InChI=1S/C14H20N2O5/c15-11(3-1-5-13(17)18)7-9-21-10-8-12(16)4-2-6-14(19)20/h1-2,5-8H,3-4,9-10,15-16H2,(H,17,18)(H,19,20). The first-order valence-corrected chi connectivity index (χ1v) is 6.17. The van der Waals surface area contributed by atoms with Crippen molar-refractivity contribution in [2.24, 2.45) is 11.5 Å². The Morgan fingerprint density at radius 1 is 0.857 bits per heavy atom. The lowest BCUT2D eigenvalue weighted by Crippen LogP contribution is -2.02. The lowest BCUT2D eigenvalue weighted by Gasteiger charge is -2.00. The Bertz CT molecular complexity index is 422. The van der Waals surface area contributed by atoms with Crippen molar-refractivity contribution < 1.29 is 24.5 Å². The first-order chi connectivity index (χ1) is 9.91. The zero-order valence-electron chi connectivity index (χ0n) is 11.6. The largest absolute Gasteiger partial charge is 0.478 e. The van der Waals surface area contributed by atoms with Crippen LogP contribution in [0.3, 0.4) is 0 Å². The highest BCUT2D eigenvalue weighted by atomic mass is 16.5. The molecule has 0 aliphatic rings. The minimum absolute atomic E-state index is 0.279. The summed E-state index contributed by atoms with van der Waals surface area (Å²) in [5.74, 6) is -2.03. The van der Waals surface area contributed by atoms with E-state index in [1.165, 1.54) is 12.2 Å². The SMILES string of the molecule is NC(=CCOCC=C(N)CC=CC(=O)O)CC=CC(=O)O. The molecule has 21 heavy (non-hydrogen) atoms. The van der Waals surface area contributed by atoms with Crippen LogP contribution in [0, 0.1) is 0 Å². The number of rotatable bonds is 10. The van der Waals surface area contributed by atoms with Crippen LogP contribution in [0.15, 0.2) is 47.9 Å². The smallest absolute Gasteiger partial charge is 0.327 e. The van der Waals surface area contributed by atoms with Crippen molar-refractivity contribution in [3.63, 3.8) is 0 Å². The Hall–Kier alpha value is -2.54. The molecular formula is C14H20N2O5. The van der Waals surface area contributed by atoms with Gasteiger partial charge in [0.2, 0.25) is 0 Å². The molecule has 0 aromatic heterocycles. The second-order valence-electron chi connectivity index (χ2n) is 3.98. The van der Waals surface area contributed by atoms with E-state index >= 15 is 0 Å². The molecule has 0 aromatic rings. The van der Waals surface area contributed by atoms with E-state index in [4.69, 9.17) is 26.4 Å². The van der Waals surface area contributed by atoms with Gasteiger partial charge in [-0.05, 0) is 12.2 Å². The molecule has 0 saturated carbocycles. The molecular weight excluding hydrogens is 276 g/mol. The van der Waals surface area contributed by atoms with Gasteiger partial charge in [-0.25, -0.2) is 9.59 Å². The molecule has 0 unspecified atom stereocenters. The third-order valence-corrected chi connectivity index (χ3v) is 2.15. The van der Waals surface area contributed by atoms with Crippen molar-refractivity contribution in [3.8, 4) is 0 Å². The fraction of sp³-hybridized carbons (Fsp3) is 0.286. The fourth-order valence-electron chi connectivity index (χ4n) is 1.16. The summed E-state index contributed by atoms with van der Waals surface area (Å²) < 4.78 is 5.24. The van der Waals surface area contributed by atoms with E-state index in [0.717, 1.165) is 12.2 Å². The van der Waals surface area contributed by atoms with Crippen molar-refractivity contribution in [2.45, 2.75) is 12.8 Å². The average molecular weight is 296 g/mol. The number of ether oxygens (including phenoxy) is 1. The maximum atomic E-state index is 10.2. The molecule has 0 fully saturated rings. The topological polar surface area (TPSA) is 136 Å². The van der Waals surface area contributed by atoms with E-state index in [1.807, 2.05) is 0 Å². The predicted molar refractivity (Wildman–Crippen MR) is 78.1 cm³/mol. The molecule has 7 heteroatoms. The molecule has 116 valence electrons. The molecule has 7 nitrogen and oxygen atoms in total. The van der Waals surface area contributed by atoms with Gasteiger partial charge in [0.15, 0.2) is 0 Å². The van der Waals surface area contributed by atoms with Crippen LogP contribution in [0.5, 0.6) is 0 Å². The average Bonchev–Trinajstić information content (AvgIpc) is 2.37. The zero-order chi connectivity index (χ0) is 16.1. The summed E-state index contributed by atoms with van der Waals surface area (Å²) in [5.41, 5.74) is 12.3. The summed E-state index contributed by atoms with van der Waals surface area (Å²) in [6.07, 6.45) is 8.90. The zero-order valence-corrected chi connectivity index (χ0v) is 11.6. The van der Waals surface area contributed by atoms with Gasteiger partial charge in [0, 0.05) is 36.4 Å². The first kappa shape index (κ1) is 18.5. The van der Waals surface area contributed by atoms with E-state index in [2.05, 4.69) is 0 Å². The van der Waals surface area contributed by atoms with Crippen molar-refractivity contribution >= 4 is 11.9 Å². The number of hydrogen-bond donors (Lipinski definition) is 4. The highest BCUT2D eigenvalue weighted by Gasteiger charge is 1.91. The lowest BCUT2D eigenvalue weighted by molar-refractivity contribution is -0.132. The van der Waals surface area contributed by atoms with E-state index in [9.17, 15) is 9.59 Å². The Kier molecular flexibility index (Phi) is 9.93. The maximum absolute atomic E-state index is 10.2. The van der Waals surface area contributed by atoms with Gasteiger partial charge in [-0.2, -0.15) is 0 Å². The molecule has 0 aromatic carbocycles. The Labute approximate surface area is 122 Å². The van der Waals surface area contributed by atoms with Crippen molar-refractivity contribution in [2.75, 3.05) is 13.2 Å². The number of allylic oxidation sites excluding steroid dienone is 2. The van der Waals surface area contributed by atoms with E-state index < -0.39 is 11.9 Å². The third-order valence-electron chi connectivity index (χ3n) is 2.15. The number of carboxylic acid groups (broad SMARTS) is 2. The predicted octanol–water partition coefficient (Wildman–Crippen LogP) is 0.750. The highest BCUT2D eigenvalue weighted by molar-refractivity contribution is 5.80. The van der Waals surface area contributed by atoms with Crippen molar-refractivity contribution in [1.29, 1.82) is 0 Å². The van der Waals surface area contributed by atoms with Gasteiger partial charge in [0.05, 0.1) is 13.2 Å². The van der Waals surface area contributed by atoms with Gasteiger partial charge in [-0.3, -0.25) is 0 Å². The highest BCUT2D eigenvalue weighted by Crippen LogP contribution is 1.97. The van der Waals surface area contributed by atoms with Crippen molar-refractivity contribution in [3.05, 3.63) is 47.9 Å². The summed E-state index contributed by atoms with van der Waals surface area (Å²) >= 11 is 0. The summed E-state index contributed by atoms with van der Waals surface area (Å²) in [6, 6.07) is 0. The van der Waals surface area contributed by atoms with Crippen LogP contribution in [0.2, 0.25) is 0 Å². The molecule has 0 rings (SSSR count). The maximum Gasteiger partial charge on any atom is 0.327 e. The third kappa shape index (κ3) is 13.7. The Morgan fingerprint density at radius 2 is 1.24 bits per heavy atom. The van der Waals surface area contributed by atoms with Gasteiger partial charge >= 0.3 is 11.9 Å². The molecule has 0 radical (unpaired) electrons. The summed E-state index contributed by atoms with van der Waals surface area (Å²) in [4.78, 5) is 20.5. The Morgan fingerprint density at radius 3 is 1.57 bits per heavy atom. The second kappa shape index (κ2) is 11.3. The lowest BCUT2D eigenvalue weighted by atomic mass is 10.3. The van der Waals surface area contributed by atoms with Crippen LogP contribution in [0.25, 0.3) is 0 Å². The van der Waals surface area contributed by atoms with Gasteiger partial charge in [-0.15, -0.1) is 0 Å². The summed E-state index contributed by atoms with van der Waals surface area (Å²) in [6.45, 7) is 0.559. The number of carbonyl (C=O) groups is 2. The van der Waals surface area contributed by atoms with E-state index in [0.29, 0.717) is 24.2 Å². The van der Waals surface area contributed by atoms with Gasteiger partial charge in [0.1, 0.15) is 0 Å². The molecule has 0 atom stereocenters. The van der Waals surface area contributed by atoms with Crippen LogP contribution in [0.4, 0.5) is 0 Å². The number of hydrogen-bond acceptors (Lipinski definition) is 5. The molecule has 0 amide bonds. The van der Waals surface area contributed by atoms with E-state index in [-0.39, 0.29) is 13.2 Å². The monoisotopic (exact) mass is 296 g/mol. The number of carboxylic acids is 2. The summed E-state index contributed by atoms with van der Waals surface area (Å²) in [7, 11) is 0. The Balaban J connectivity index is 3.88. The van der Waals surface area contributed by atoms with Crippen LogP contribution >= 0.6 is 0 Å². The molecule has 0 spiro atoms. The van der Waals surface area contributed by atoms with Crippen LogP contribution in [-0.4, -0.2) is 35.4 Å². The van der Waals surface area contributed by atoms with Gasteiger partial charge in [0.25, 0.3) is 0 Å². The molecule has 0 aliphatic carbocycles. The first-order valence-electron chi connectivity index (χ1n) is 6.17. The quantitative estimate of drug-likeness (QED) is 0.345. The molecule has 0 heterocycles. The number of aliphatic carboxylic acids is 2. The molecule has 0 bridgehead atoms. The van der Waals surface area contributed by atoms with Crippen LogP contribution in [-0.2, 0) is 14.3 Å². The second-order valence-corrected chi connectivity index (χ2v) is 3.98. The van der Waals surface area contributed by atoms with Gasteiger partial charge in [-0.1, -0.05) is 12.2 Å². The molecule has 0 aliphatic heterocycles. The summed E-state index contributed by atoms with van der Waals surface area (Å²) in [5, 5.41) is 16.8. The van der Waals surface area contributed by atoms with E-state index in [1.54, 1.807) is 12.2 Å². The van der Waals surface area contributed by atoms with Gasteiger partial charge < -0.3 is 26.4 Å². The minimum atomic E-state index is -1.02. The normalized spacial score (nSPS) is 13.1. The molecule has 6 N–H and O–H groups in total. The number of nitrogens with two attached hydrogens (primary N) is 2. The van der Waals surface area contributed by atoms with Crippen LogP contribution in [0.1, 0.15) is 12.8 Å². The van der Waals surface area contributed by atoms with Crippen LogP contribution < -0.4 is 11.5 Å².